The zero-order valence-electron chi connectivity index (χ0n) is 5.48. The van der Waals surface area contributed by atoms with Crippen LogP contribution in [-0.4, -0.2) is 9.58 Å². The fourth-order valence-corrected chi connectivity index (χ4v) is 1.97. The van der Waals surface area contributed by atoms with Gasteiger partial charge in [0.15, 0.2) is 0 Å². The molecule has 0 aromatic carbocycles. The van der Waals surface area contributed by atoms with E-state index in [4.69, 9.17) is 23.2 Å². The first kappa shape index (κ1) is 8.69. The van der Waals surface area contributed by atoms with Crippen molar-refractivity contribution in [1.82, 2.24) is 0 Å². The maximum atomic E-state index is 10.3. The van der Waals surface area contributed by atoms with Crippen LogP contribution in [0, 0.1) is 0 Å². The van der Waals surface area contributed by atoms with Gasteiger partial charge >= 0.3 is 11.7 Å². The van der Waals surface area contributed by atoms with Crippen LogP contribution in [0.4, 0.5) is 0 Å². The summed E-state index contributed by atoms with van der Waals surface area (Å²) in [7, 11) is 0. The van der Waals surface area contributed by atoms with E-state index in [0.717, 1.165) is 25.7 Å². The Morgan fingerprint density at radius 2 is 1.80 bits per heavy atom. The van der Waals surface area contributed by atoms with Gasteiger partial charge in [-0.15, -0.1) is 23.2 Å². The van der Waals surface area contributed by atoms with E-state index >= 15 is 0 Å². The van der Waals surface area contributed by atoms with E-state index in [1.165, 1.54) is 0 Å². The van der Waals surface area contributed by atoms with Crippen LogP contribution in [0.1, 0.15) is 25.7 Å². The Bertz CT molecular complexity index is 128. The van der Waals surface area contributed by atoms with Crippen LogP contribution in [-0.2, 0) is 15.9 Å². The SMILES string of the molecule is O=[S+]C1CCC(Cl)(Cl)CC1. The lowest BCUT2D eigenvalue weighted by atomic mass is 9.99. The summed E-state index contributed by atoms with van der Waals surface area (Å²) < 4.78 is 9.78. The summed E-state index contributed by atoms with van der Waals surface area (Å²) in [6.07, 6.45) is 3.24. The second kappa shape index (κ2) is 3.33. The van der Waals surface area contributed by atoms with Crippen molar-refractivity contribution in [2.75, 3.05) is 0 Å². The molecule has 0 spiro atoms. The molecule has 0 aliphatic heterocycles. The number of rotatable bonds is 1. The van der Waals surface area contributed by atoms with Gasteiger partial charge in [-0.05, 0) is 12.8 Å². The smallest absolute Gasteiger partial charge is 0.102 e. The minimum absolute atomic E-state index is 0.241. The minimum Gasteiger partial charge on any atom is -0.102 e. The number of hydrogen-bond acceptors (Lipinski definition) is 1. The Hall–Kier alpha value is 0.600. The molecule has 1 saturated carbocycles. The molecule has 10 heavy (non-hydrogen) atoms. The van der Waals surface area contributed by atoms with Crippen molar-refractivity contribution in [2.24, 2.45) is 0 Å². The lowest BCUT2D eigenvalue weighted by Gasteiger charge is -2.23. The molecular weight excluding hydrogens is 191 g/mol. The molecule has 0 unspecified atom stereocenters. The summed E-state index contributed by atoms with van der Waals surface area (Å²) in [6, 6.07) is 0. The Kier molecular flexibility index (Phi) is 2.90. The van der Waals surface area contributed by atoms with Crippen LogP contribution in [0.25, 0.3) is 0 Å². The summed E-state index contributed by atoms with van der Waals surface area (Å²) in [5.74, 6) is 0. The van der Waals surface area contributed by atoms with Crippen molar-refractivity contribution in [3.8, 4) is 0 Å². The molecule has 0 aromatic rings. The third-order valence-electron chi connectivity index (χ3n) is 1.80. The van der Waals surface area contributed by atoms with Crippen LogP contribution in [0.3, 0.4) is 0 Å². The zero-order chi connectivity index (χ0) is 7.61. The van der Waals surface area contributed by atoms with Gasteiger partial charge in [-0.1, -0.05) is 0 Å². The van der Waals surface area contributed by atoms with Gasteiger partial charge in [-0.3, -0.25) is 0 Å². The maximum Gasteiger partial charge on any atom is 0.462 e. The first-order valence-electron chi connectivity index (χ1n) is 3.30. The number of hydrogen-bond donors (Lipinski definition) is 0. The molecule has 1 rings (SSSR count). The van der Waals surface area contributed by atoms with Gasteiger partial charge in [-0.25, -0.2) is 0 Å². The van der Waals surface area contributed by atoms with E-state index in [2.05, 4.69) is 0 Å². The molecule has 0 radical (unpaired) electrons. The molecule has 0 heterocycles. The highest BCUT2D eigenvalue weighted by atomic mass is 35.5. The van der Waals surface area contributed by atoms with Crippen molar-refractivity contribution < 1.29 is 4.21 Å². The Morgan fingerprint density at radius 1 is 1.30 bits per heavy atom. The Morgan fingerprint density at radius 3 is 2.20 bits per heavy atom. The highest BCUT2D eigenvalue weighted by molar-refractivity contribution is 7.66. The third-order valence-corrected chi connectivity index (χ3v) is 3.30. The van der Waals surface area contributed by atoms with E-state index in [1.807, 2.05) is 0 Å². The summed E-state index contributed by atoms with van der Waals surface area (Å²) >= 11 is 12.4. The van der Waals surface area contributed by atoms with Gasteiger partial charge in [0.05, 0.1) is 0 Å². The van der Waals surface area contributed by atoms with Gasteiger partial charge in [0, 0.05) is 17.1 Å². The predicted molar refractivity (Wildman–Crippen MR) is 44.7 cm³/mol. The molecular formula is C6H9Cl2OS+. The molecule has 1 aliphatic carbocycles. The van der Waals surface area contributed by atoms with Gasteiger partial charge in [0.2, 0.25) is 5.25 Å². The fraction of sp³-hybridized carbons (Fsp3) is 1.00. The van der Waals surface area contributed by atoms with Crippen LogP contribution in [0.2, 0.25) is 0 Å². The second-order valence-electron chi connectivity index (χ2n) is 2.65. The number of halogens is 2. The lowest BCUT2D eigenvalue weighted by Crippen LogP contribution is -2.24. The quantitative estimate of drug-likeness (QED) is 0.469. The van der Waals surface area contributed by atoms with Gasteiger partial charge in [0.1, 0.15) is 4.33 Å². The van der Waals surface area contributed by atoms with Crippen LogP contribution < -0.4 is 0 Å². The van der Waals surface area contributed by atoms with Crippen LogP contribution in [0.5, 0.6) is 0 Å². The van der Waals surface area contributed by atoms with Gasteiger partial charge in [0.25, 0.3) is 0 Å². The first-order chi connectivity index (χ1) is 4.64. The Labute approximate surface area is 74.6 Å². The molecule has 1 nitrogen and oxygen atoms in total. The van der Waals surface area contributed by atoms with E-state index in [-0.39, 0.29) is 5.25 Å². The topological polar surface area (TPSA) is 17.1 Å². The molecule has 0 saturated heterocycles. The van der Waals surface area contributed by atoms with E-state index in [1.54, 1.807) is 0 Å². The standard InChI is InChI=1S/C6H9Cl2OS/c7-6(8)3-1-5(10-9)2-4-6/h5H,1-4H2/q+1. The van der Waals surface area contributed by atoms with Crippen LogP contribution in [0.15, 0.2) is 0 Å². The van der Waals surface area contributed by atoms with E-state index in [0.29, 0.717) is 11.7 Å². The maximum absolute atomic E-state index is 10.3. The van der Waals surface area contributed by atoms with Crippen LogP contribution >= 0.6 is 23.2 Å². The largest absolute Gasteiger partial charge is 0.462 e. The molecule has 0 bridgehead atoms. The average Bonchev–Trinajstić information content (AvgIpc) is 1.88. The summed E-state index contributed by atoms with van der Waals surface area (Å²) in [5, 5.41) is 0.241. The number of alkyl halides is 2. The molecule has 58 valence electrons. The van der Waals surface area contributed by atoms with Crippen molar-refractivity contribution in [3.05, 3.63) is 0 Å². The van der Waals surface area contributed by atoms with Gasteiger partial charge in [-0.2, -0.15) is 0 Å². The molecule has 0 atom stereocenters. The fourth-order valence-electron chi connectivity index (χ4n) is 1.11. The Balaban J connectivity index is 2.38. The average molecular weight is 200 g/mol. The van der Waals surface area contributed by atoms with Crippen molar-refractivity contribution in [1.29, 1.82) is 0 Å². The molecule has 0 aromatic heterocycles. The van der Waals surface area contributed by atoms with Crippen molar-refractivity contribution in [3.63, 3.8) is 0 Å². The monoisotopic (exact) mass is 199 g/mol. The summed E-state index contributed by atoms with van der Waals surface area (Å²) in [4.78, 5) is 0. The molecule has 1 fully saturated rings. The third kappa shape index (κ3) is 2.33. The van der Waals surface area contributed by atoms with Crippen molar-refractivity contribution in [2.45, 2.75) is 35.3 Å². The summed E-state index contributed by atoms with van der Waals surface area (Å²) in [5.41, 5.74) is 0. The minimum atomic E-state index is -0.549. The highest BCUT2D eigenvalue weighted by Gasteiger charge is 2.36. The normalized spacial score (nSPS) is 26.2. The molecule has 1 aliphatic rings. The second-order valence-corrected chi connectivity index (χ2v) is 5.15. The van der Waals surface area contributed by atoms with Crippen molar-refractivity contribution >= 4 is 34.9 Å². The summed E-state index contributed by atoms with van der Waals surface area (Å²) in [6.45, 7) is 0. The van der Waals surface area contributed by atoms with E-state index in [9.17, 15) is 4.21 Å². The predicted octanol–water partition coefficient (Wildman–Crippen LogP) is 2.53. The molecule has 0 amide bonds. The first-order valence-corrected chi connectivity index (χ1v) is 4.86. The van der Waals surface area contributed by atoms with E-state index < -0.39 is 4.33 Å². The van der Waals surface area contributed by atoms with Gasteiger partial charge < -0.3 is 0 Å². The zero-order valence-corrected chi connectivity index (χ0v) is 7.81. The molecule has 0 N–H and O–H groups in total. The highest BCUT2D eigenvalue weighted by Crippen LogP contribution is 2.37. The molecule has 4 heteroatoms. The lowest BCUT2D eigenvalue weighted by molar-refractivity contribution is 0.479.